The Bertz CT molecular complexity index is 371. The number of nitrogens with two attached hydrogens (primary N) is 1. The van der Waals surface area contributed by atoms with E-state index in [4.69, 9.17) is 5.73 Å². The molecule has 0 spiro atoms. The van der Waals surface area contributed by atoms with Crippen LogP contribution >= 0.6 is 0 Å². The van der Waals surface area contributed by atoms with Crippen molar-refractivity contribution in [2.45, 2.75) is 27.2 Å². The second-order valence-electron chi connectivity index (χ2n) is 5.14. The highest BCUT2D eigenvalue weighted by molar-refractivity contribution is 5.49. The standard InChI is InChI=1S/C12H19N3/c1-8-10(13)4-5-11(15-8)14-7-9-6-12(9,2)3/h4-5,9H,6-7,13H2,1-3H3,(H,14,15). The number of rotatable bonds is 3. The molecule has 15 heavy (non-hydrogen) atoms. The lowest BCUT2D eigenvalue weighted by atomic mass is 10.1. The Morgan fingerprint density at radius 3 is 2.73 bits per heavy atom. The summed E-state index contributed by atoms with van der Waals surface area (Å²) in [4.78, 5) is 4.38. The zero-order chi connectivity index (χ0) is 11.1. The van der Waals surface area contributed by atoms with Gasteiger partial charge in [-0.05, 0) is 36.8 Å². The fourth-order valence-corrected chi connectivity index (χ4v) is 1.82. The molecule has 0 amide bonds. The van der Waals surface area contributed by atoms with Gasteiger partial charge in [-0.1, -0.05) is 13.8 Å². The predicted molar refractivity (Wildman–Crippen MR) is 63.8 cm³/mol. The maximum absolute atomic E-state index is 5.71. The lowest BCUT2D eigenvalue weighted by Gasteiger charge is -2.08. The summed E-state index contributed by atoms with van der Waals surface area (Å²) in [6.07, 6.45) is 1.31. The fraction of sp³-hybridized carbons (Fsp3) is 0.583. The van der Waals surface area contributed by atoms with E-state index >= 15 is 0 Å². The molecule has 0 aromatic carbocycles. The van der Waals surface area contributed by atoms with Crippen molar-refractivity contribution >= 4 is 11.5 Å². The number of hydrogen-bond acceptors (Lipinski definition) is 3. The van der Waals surface area contributed by atoms with E-state index in [9.17, 15) is 0 Å². The average Bonchev–Trinajstić information content (AvgIpc) is 2.77. The van der Waals surface area contributed by atoms with Gasteiger partial charge in [0.15, 0.2) is 0 Å². The maximum atomic E-state index is 5.71. The number of anilines is 2. The highest BCUT2D eigenvalue weighted by atomic mass is 15.0. The molecular weight excluding hydrogens is 186 g/mol. The van der Waals surface area contributed by atoms with Crippen molar-refractivity contribution in [2.75, 3.05) is 17.6 Å². The average molecular weight is 205 g/mol. The van der Waals surface area contributed by atoms with Crippen LogP contribution in [0.25, 0.3) is 0 Å². The van der Waals surface area contributed by atoms with Gasteiger partial charge in [0.05, 0.1) is 11.4 Å². The molecule has 3 nitrogen and oxygen atoms in total. The molecule has 0 aliphatic heterocycles. The quantitative estimate of drug-likeness (QED) is 0.796. The van der Waals surface area contributed by atoms with Crippen LogP contribution in [0.3, 0.4) is 0 Å². The summed E-state index contributed by atoms with van der Waals surface area (Å²) >= 11 is 0. The Balaban J connectivity index is 1.92. The number of nitrogens with zero attached hydrogens (tertiary/aromatic N) is 1. The first-order valence-corrected chi connectivity index (χ1v) is 5.46. The van der Waals surface area contributed by atoms with Crippen molar-refractivity contribution in [2.24, 2.45) is 11.3 Å². The van der Waals surface area contributed by atoms with Gasteiger partial charge in [-0.15, -0.1) is 0 Å². The minimum absolute atomic E-state index is 0.524. The van der Waals surface area contributed by atoms with Gasteiger partial charge < -0.3 is 11.1 Å². The normalized spacial score (nSPS) is 22.5. The van der Waals surface area contributed by atoms with Crippen LogP contribution < -0.4 is 11.1 Å². The van der Waals surface area contributed by atoms with E-state index in [-0.39, 0.29) is 0 Å². The van der Waals surface area contributed by atoms with Gasteiger partial charge in [0.2, 0.25) is 0 Å². The molecule has 2 rings (SSSR count). The van der Waals surface area contributed by atoms with E-state index in [1.165, 1.54) is 6.42 Å². The van der Waals surface area contributed by atoms with E-state index in [0.717, 1.165) is 29.7 Å². The van der Waals surface area contributed by atoms with Crippen LogP contribution in [-0.4, -0.2) is 11.5 Å². The summed E-state index contributed by atoms with van der Waals surface area (Å²) in [7, 11) is 0. The molecule has 1 aliphatic rings. The summed E-state index contributed by atoms with van der Waals surface area (Å²) < 4.78 is 0. The smallest absolute Gasteiger partial charge is 0.126 e. The van der Waals surface area contributed by atoms with E-state index in [1.807, 2.05) is 19.1 Å². The van der Waals surface area contributed by atoms with Crippen molar-refractivity contribution in [3.8, 4) is 0 Å². The Morgan fingerprint density at radius 2 is 2.20 bits per heavy atom. The van der Waals surface area contributed by atoms with E-state index in [0.29, 0.717) is 5.41 Å². The Labute approximate surface area is 91.1 Å². The van der Waals surface area contributed by atoms with Crippen LogP contribution in [0.15, 0.2) is 12.1 Å². The number of hydrogen-bond donors (Lipinski definition) is 2. The molecule has 3 N–H and O–H groups in total. The lowest BCUT2D eigenvalue weighted by molar-refractivity contribution is 0.573. The highest BCUT2D eigenvalue weighted by Gasteiger charge is 2.44. The number of nitrogen functional groups attached to an aromatic ring is 1. The molecule has 1 unspecified atom stereocenters. The van der Waals surface area contributed by atoms with Crippen LogP contribution in [0.1, 0.15) is 26.0 Å². The summed E-state index contributed by atoms with van der Waals surface area (Å²) in [5, 5.41) is 3.36. The summed E-state index contributed by atoms with van der Waals surface area (Å²) in [6.45, 7) is 7.56. The van der Waals surface area contributed by atoms with Crippen molar-refractivity contribution < 1.29 is 0 Å². The summed E-state index contributed by atoms with van der Waals surface area (Å²) in [5.74, 6) is 1.72. The first-order chi connectivity index (χ1) is 6.99. The molecule has 1 aromatic heterocycles. The fourth-order valence-electron chi connectivity index (χ4n) is 1.82. The molecule has 3 heteroatoms. The minimum atomic E-state index is 0.524. The van der Waals surface area contributed by atoms with Crippen molar-refractivity contribution in [1.82, 2.24) is 4.98 Å². The molecule has 1 fully saturated rings. The molecule has 1 aliphatic carbocycles. The zero-order valence-corrected chi connectivity index (χ0v) is 9.67. The third-order valence-corrected chi connectivity index (χ3v) is 3.37. The zero-order valence-electron chi connectivity index (χ0n) is 9.67. The van der Waals surface area contributed by atoms with Crippen molar-refractivity contribution in [3.63, 3.8) is 0 Å². The Kier molecular flexibility index (Phi) is 2.33. The molecule has 0 radical (unpaired) electrons. The Morgan fingerprint density at radius 1 is 1.53 bits per heavy atom. The molecule has 0 bridgehead atoms. The molecule has 1 saturated carbocycles. The third kappa shape index (κ3) is 2.22. The van der Waals surface area contributed by atoms with Crippen molar-refractivity contribution in [3.05, 3.63) is 17.8 Å². The Hall–Kier alpha value is -1.25. The van der Waals surface area contributed by atoms with Gasteiger partial charge in [0, 0.05) is 6.54 Å². The number of aromatic nitrogens is 1. The van der Waals surface area contributed by atoms with Crippen LogP contribution in [0.4, 0.5) is 11.5 Å². The number of nitrogens with one attached hydrogen (secondary N) is 1. The number of pyridine rings is 1. The minimum Gasteiger partial charge on any atom is -0.397 e. The summed E-state index contributed by atoms with van der Waals surface area (Å²) in [6, 6.07) is 3.85. The SMILES string of the molecule is Cc1nc(NCC2CC2(C)C)ccc1N. The molecule has 82 valence electrons. The predicted octanol–water partition coefficient (Wildman–Crippen LogP) is 2.43. The van der Waals surface area contributed by atoms with Crippen LogP contribution in [0.2, 0.25) is 0 Å². The molecular formula is C12H19N3. The van der Waals surface area contributed by atoms with E-state index in [1.54, 1.807) is 0 Å². The number of aryl methyl sites for hydroxylation is 1. The van der Waals surface area contributed by atoms with Gasteiger partial charge in [0.25, 0.3) is 0 Å². The van der Waals surface area contributed by atoms with Crippen LogP contribution in [-0.2, 0) is 0 Å². The first-order valence-electron chi connectivity index (χ1n) is 5.46. The second kappa shape index (κ2) is 3.40. The molecule has 1 atom stereocenters. The van der Waals surface area contributed by atoms with Crippen LogP contribution in [0, 0.1) is 18.3 Å². The molecule has 1 heterocycles. The van der Waals surface area contributed by atoms with Gasteiger partial charge in [0.1, 0.15) is 5.82 Å². The highest BCUT2D eigenvalue weighted by Crippen LogP contribution is 2.51. The van der Waals surface area contributed by atoms with Gasteiger partial charge in [-0.2, -0.15) is 0 Å². The lowest BCUT2D eigenvalue weighted by Crippen LogP contribution is -2.09. The van der Waals surface area contributed by atoms with E-state index in [2.05, 4.69) is 24.1 Å². The van der Waals surface area contributed by atoms with Gasteiger partial charge in [-0.25, -0.2) is 4.98 Å². The monoisotopic (exact) mass is 205 g/mol. The second-order valence-corrected chi connectivity index (χ2v) is 5.14. The topological polar surface area (TPSA) is 50.9 Å². The van der Waals surface area contributed by atoms with Gasteiger partial charge in [-0.3, -0.25) is 0 Å². The summed E-state index contributed by atoms with van der Waals surface area (Å²) in [5.41, 5.74) is 7.89. The third-order valence-electron chi connectivity index (χ3n) is 3.37. The first kappa shape index (κ1) is 10.3. The van der Waals surface area contributed by atoms with Crippen LogP contribution in [0.5, 0.6) is 0 Å². The molecule has 1 aromatic rings. The largest absolute Gasteiger partial charge is 0.397 e. The molecule has 0 saturated heterocycles. The van der Waals surface area contributed by atoms with Crippen molar-refractivity contribution in [1.29, 1.82) is 0 Å². The van der Waals surface area contributed by atoms with Gasteiger partial charge >= 0.3 is 0 Å². The maximum Gasteiger partial charge on any atom is 0.126 e. The van der Waals surface area contributed by atoms with E-state index < -0.39 is 0 Å².